The van der Waals surface area contributed by atoms with Crippen molar-refractivity contribution in [2.45, 2.75) is 52.6 Å². The highest BCUT2D eigenvalue weighted by molar-refractivity contribution is 4.77. The van der Waals surface area contributed by atoms with E-state index < -0.39 is 0 Å². The summed E-state index contributed by atoms with van der Waals surface area (Å²) in [5, 5.41) is 12.6. The fourth-order valence-electron chi connectivity index (χ4n) is 1.52. The van der Waals surface area contributed by atoms with E-state index in [9.17, 15) is 5.11 Å². The van der Waals surface area contributed by atoms with Crippen LogP contribution in [0.5, 0.6) is 0 Å². The minimum absolute atomic E-state index is 0.185. The van der Waals surface area contributed by atoms with Crippen LogP contribution < -0.4 is 11.1 Å². The molecule has 0 saturated heterocycles. The van der Waals surface area contributed by atoms with Gasteiger partial charge in [-0.25, -0.2) is 0 Å². The molecule has 0 radical (unpaired) electrons. The largest absolute Gasteiger partial charge is 0.395 e. The normalized spacial score (nSPS) is 19.6. The van der Waals surface area contributed by atoms with E-state index in [0.717, 1.165) is 19.4 Å². The molecular formula is C12H28N2O. The zero-order valence-electron chi connectivity index (χ0n) is 10.7. The Morgan fingerprint density at radius 2 is 1.67 bits per heavy atom. The Kier molecular flexibility index (Phi) is 8.02. The SMILES string of the molecule is CCC(C)C(N)CNC(CO)C(C)CC. The lowest BCUT2D eigenvalue weighted by molar-refractivity contribution is 0.197. The number of hydrogen-bond acceptors (Lipinski definition) is 3. The second-order valence-electron chi connectivity index (χ2n) is 4.63. The molecule has 0 fully saturated rings. The Morgan fingerprint density at radius 3 is 2.07 bits per heavy atom. The standard InChI is InChI=1S/C12H28N2O/c1-5-9(3)11(13)7-14-12(8-15)10(4)6-2/h9-12,14-15H,5-8,13H2,1-4H3. The molecule has 0 bridgehead atoms. The Bertz CT molecular complexity index is 153. The molecule has 0 aliphatic carbocycles. The van der Waals surface area contributed by atoms with E-state index in [1.165, 1.54) is 0 Å². The maximum Gasteiger partial charge on any atom is 0.0587 e. The monoisotopic (exact) mass is 216 g/mol. The minimum Gasteiger partial charge on any atom is -0.395 e. The van der Waals surface area contributed by atoms with Gasteiger partial charge in [-0.05, 0) is 11.8 Å². The first-order valence-corrected chi connectivity index (χ1v) is 6.16. The molecule has 3 nitrogen and oxygen atoms in total. The van der Waals surface area contributed by atoms with Crippen LogP contribution in [0.2, 0.25) is 0 Å². The molecule has 4 N–H and O–H groups in total. The van der Waals surface area contributed by atoms with Gasteiger partial charge in [-0.15, -0.1) is 0 Å². The van der Waals surface area contributed by atoms with Crippen LogP contribution in [0.15, 0.2) is 0 Å². The average molecular weight is 216 g/mol. The van der Waals surface area contributed by atoms with E-state index >= 15 is 0 Å². The van der Waals surface area contributed by atoms with E-state index in [0.29, 0.717) is 11.8 Å². The van der Waals surface area contributed by atoms with Crippen molar-refractivity contribution >= 4 is 0 Å². The second kappa shape index (κ2) is 8.08. The van der Waals surface area contributed by atoms with Crippen molar-refractivity contribution in [2.24, 2.45) is 17.6 Å². The van der Waals surface area contributed by atoms with Crippen molar-refractivity contribution in [3.63, 3.8) is 0 Å². The van der Waals surface area contributed by atoms with Crippen molar-refractivity contribution in [3.05, 3.63) is 0 Å². The van der Waals surface area contributed by atoms with Crippen LogP contribution in [0.4, 0.5) is 0 Å². The third kappa shape index (κ3) is 5.50. The van der Waals surface area contributed by atoms with Gasteiger partial charge in [0.25, 0.3) is 0 Å². The quantitative estimate of drug-likeness (QED) is 0.574. The molecule has 0 heterocycles. The van der Waals surface area contributed by atoms with Crippen LogP contribution >= 0.6 is 0 Å². The summed E-state index contributed by atoms with van der Waals surface area (Å²) < 4.78 is 0. The average Bonchev–Trinajstić information content (AvgIpc) is 2.27. The smallest absolute Gasteiger partial charge is 0.0587 e. The summed E-state index contributed by atoms with van der Waals surface area (Å²) in [5.41, 5.74) is 6.03. The van der Waals surface area contributed by atoms with Crippen molar-refractivity contribution in [2.75, 3.05) is 13.2 Å². The highest BCUT2D eigenvalue weighted by atomic mass is 16.3. The maximum absolute atomic E-state index is 9.23. The molecule has 0 saturated carbocycles. The highest BCUT2D eigenvalue weighted by Gasteiger charge is 2.17. The molecule has 0 spiro atoms. The highest BCUT2D eigenvalue weighted by Crippen LogP contribution is 2.08. The van der Waals surface area contributed by atoms with Gasteiger partial charge in [-0.3, -0.25) is 0 Å². The lowest BCUT2D eigenvalue weighted by atomic mass is 9.97. The van der Waals surface area contributed by atoms with Gasteiger partial charge >= 0.3 is 0 Å². The molecule has 3 heteroatoms. The number of aliphatic hydroxyl groups is 1. The van der Waals surface area contributed by atoms with Gasteiger partial charge in [0.05, 0.1) is 6.61 Å². The summed E-state index contributed by atoms with van der Waals surface area (Å²) in [6.45, 7) is 9.62. The predicted molar refractivity (Wildman–Crippen MR) is 65.8 cm³/mol. The van der Waals surface area contributed by atoms with E-state index in [-0.39, 0.29) is 18.7 Å². The lowest BCUT2D eigenvalue weighted by Crippen LogP contribution is -2.46. The Balaban J connectivity index is 3.89. The lowest BCUT2D eigenvalue weighted by Gasteiger charge is -2.26. The summed E-state index contributed by atoms with van der Waals surface area (Å²) in [5.74, 6) is 1.04. The zero-order chi connectivity index (χ0) is 11.8. The molecule has 0 rings (SSSR count). The first kappa shape index (κ1) is 14.9. The number of rotatable bonds is 8. The molecule has 15 heavy (non-hydrogen) atoms. The molecule has 4 atom stereocenters. The Labute approximate surface area is 94.4 Å². The van der Waals surface area contributed by atoms with Gasteiger partial charge < -0.3 is 16.2 Å². The molecule has 0 aliphatic heterocycles. The third-order valence-electron chi connectivity index (χ3n) is 3.52. The van der Waals surface area contributed by atoms with Crippen molar-refractivity contribution in [1.29, 1.82) is 0 Å². The topological polar surface area (TPSA) is 58.3 Å². The van der Waals surface area contributed by atoms with E-state index in [4.69, 9.17) is 5.73 Å². The predicted octanol–water partition coefficient (Wildman–Crippen LogP) is 1.36. The summed E-state index contributed by atoms with van der Waals surface area (Å²) in [6, 6.07) is 0.373. The number of hydrogen-bond donors (Lipinski definition) is 3. The minimum atomic E-state index is 0.185. The Hall–Kier alpha value is -0.120. The number of nitrogens with one attached hydrogen (secondary N) is 1. The molecule has 0 aromatic carbocycles. The van der Waals surface area contributed by atoms with Crippen LogP contribution in [0.3, 0.4) is 0 Å². The van der Waals surface area contributed by atoms with Crippen LogP contribution in [-0.2, 0) is 0 Å². The van der Waals surface area contributed by atoms with E-state index in [1.54, 1.807) is 0 Å². The van der Waals surface area contributed by atoms with Crippen LogP contribution in [0, 0.1) is 11.8 Å². The molecule has 4 unspecified atom stereocenters. The van der Waals surface area contributed by atoms with Crippen LogP contribution in [0.1, 0.15) is 40.5 Å². The molecule has 92 valence electrons. The van der Waals surface area contributed by atoms with Gasteiger partial charge in [0, 0.05) is 18.6 Å². The van der Waals surface area contributed by atoms with Crippen LogP contribution in [0.25, 0.3) is 0 Å². The van der Waals surface area contributed by atoms with Crippen molar-refractivity contribution in [3.8, 4) is 0 Å². The summed E-state index contributed by atoms with van der Waals surface area (Å²) in [7, 11) is 0. The summed E-state index contributed by atoms with van der Waals surface area (Å²) in [6.07, 6.45) is 2.19. The van der Waals surface area contributed by atoms with Gasteiger partial charge in [-0.1, -0.05) is 40.5 Å². The summed E-state index contributed by atoms with van der Waals surface area (Å²) in [4.78, 5) is 0. The zero-order valence-corrected chi connectivity index (χ0v) is 10.7. The van der Waals surface area contributed by atoms with Gasteiger partial charge in [0.2, 0.25) is 0 Å². The molecule has 0 aliphatic rings. The van der Waals surface area contributed by atoms with Gasteiger partial charge in [-0.2, -0.15) is 0 Å². The number of nitrogens with two attached hydrogens (primary N) is 1. The van der Waals surface area contributed by atoms with Gasteiger partial charge in [0.15, 0.2) is 0 Å². The first-order valence-electron chi connectivity index (χ1n) is 6.16. The summed E-state index contributed by atoms with van der Waals surface area (Å²) >= 11 is 0. The second-order valence-corrected chi connectivity index (χ2v) is 4.63. The third-order valence-corrected chi connectivity index (χ3v) is 3.52. The first-order chi connectivity index (χ1) is 7.06. The maximum atomic E-state index is 9.23. The van der Waals surface area contributed by atoms with E-state index in [2.05, 4.69) is 33.0 Å². The Morgan fingerprint density at radius 1 is 1.13 bits per heavy atom. The molecule has 0 aromatic rings. The van der Waals surface area contributed by atoms with Crippen molar-refractivity contribution < 1.29 is 5.11 Å². The van der Waals surface area contributed by atoms with Crippen molar-refractivity contribution in [1.82, 2.24) is 5.32 Å². The van der Waals surface area contributed by atoms with Crippen LogP contribution in [-0.4, -0.2) is 30.3 Å². The fraction of sp³-hybridized carbons (Fsp3) is 1.00. The van der Waals surface area contributed by atoms with E-state index in [1.807, 2.05) is 0 Å². The number of aliphatic hydroxyl groups excluding tert-OH is 1. The molecule has 0 aromatic heterocycles. The molecule has 0 amide bonds. The fourth-order valence-corrected chi connectivity index (χ4v) is 1.52. The molecular weight excluding hydrogens is 188 g/mol. The van der Waals surface area contributed by atoms with Gasteiger partial charge in [0.1, 0.15) is 0 Å².